The van der Waals surface area contributed by atoms with Gasteiger partial charge in [-0.3, -0.25) is 9.58 Å². The van der Waals surface area contributed by atoms with Gasteiger partial charge in [-0.2, -0.15) is 5.10 Å². The van der Waals surface area contributed by atoms with Crippen molar-refractivity contribution in [2.24, 2.45) is 0 Å². The number of nitrogens with zero attached hydrogens (tertiary/aromatic N) is 5. The van der Waals surface area contributed by atoms with Gasteiger partial charge in [-0.1, -0.05) is 18.2 Å². The molecule has 0 spiro atoms. The van der Waals surface area contributed by atoms with Crippen molar-refractivity contribution in [2.75, 3.05) is 31.6 Å². The number of para-hydroxylation sites is 1. The summed E-state index contributed by atoms with van der Waals surface area (Å²) in [6.45, 7) is 4.05. The summed E-state index contributed by atoms with van der Waals surface area (Å²) >= 11 is 1.70. The molecule has 1 saturated heterocycles. The predicted octanol–water partition coefficient (Wildman–Crippen LogP) is 3.49. The molecule has 0 aliphatic carbocycles. The summed E-state index contributed by atoms with van der Waals surface area (Å²) < 4.78 is 8.99. The Labute approximate surface area is 207 Å². The molecule has 1 atom stereocenters. The van der Waals surface area contributed by atoms with Crippen molar-refractivity contribution in [3.8, 4) is 16.9 Å². The number of aliphatic hydroxyl groups is 2. The summed E-state index contributed by atoms with van der Waals surface area (Å²) in [6.07, 6.45) is 7.53. The molecule has 4 aromatic rings. The molecule has 1 fully saturated rings. The van der Waals surface area contributed by atoms with Gasteiger partial charge in [-0.15, -0.1) is 11.3 Å². The van der Waals surface area contributed by atoms with Gasteiger partial charge in [0.1, 0.15) is 12.0 Å². The topological polar surface area (TPSA) is 109 Å². The molecule has 1 aromatic carbocycles. The Kier molecular flexibility index (Phi) is 5.89. The van der Waals surface area contributed by atoms with Gasteiger partial charge in [0.05, 0.1) is 47.6 Å². The number of aromatic nitrogens is 4. The monoisotopic (exact) mass is 492 g/mol. The summed E-state index contributed by atoms with van der Waals surface area (Å²) in [5.41, 5.74) is 5.22. The van der Waals surface area contributed by atoms with Gasteiger partial charge < -0.3 is 20.3 Å². The van der Waals surface area contributed by atoms with E-state index in [0.29, 0.717) is 5.95 Å². The largest absolute Gasteiger partial charge is 0.492 e. The van der Waals surface area contributed by atoms with Crippen molar-refractivity contribution < 1.29 is 14.9 Å². The van der Waals surface area contributed by atoms with Gasteiger partial charge in [-0.25, -0.2) is 9.97 Å². The summed E-state index contributed by atoms with van der Waals surface area (Å²) in [5, 5.41) is 26.9. The number of piperidine rings is 1. The molecule has 2 aliphatic rings. The van der Waals surface area contributed by atoms with E-state index < -0.39 is 6.23 Å². The van der Waals surface area contributed by atoms with E-state index in [1.807, 2.05) is 22.0 Å². The smallest absolute Gasteiger partial charge is 0.227 e. The van der Waals surface area contributed by atoms with E-state index in [4.69, 9.17) is 14.8 Å². The second-order valence-corrected chi connectivity index (χ2v) is 10.4. The van der Waals surface area contributed by atoms with Crippen molar-refractivity contribution in [3.63, 3.8) is 0 Å². The third-order valence-electron chi connectivity index (χ3n) is 6.91. The molecule has 1 unspecified atom stereocenters. The van der Waals surface area contributed by atoms with Crippen LogP contribution in [-0.4, -0.2) is 67.4 Å². The third kappa shape index (κ3) is 4.16. The molecular formula is C25H28N6O3S. The number of fused-ring (bicyclic) bond motifs is 2. The van der Waals surface area contributed by atoms with E-state index in [2.05, 4.69) is 40.5 Å². The normalized spacial score (nSPS) is 17.5. The maximum atomic E-state index is 9.85. The van der Waals surface area contributed by atoms with Crippen LogP contribution in [0.2, 0.25) is 0 Å². The number of aliphatic hydroxyl groups excluding tert-OH is 2. The van der Waals surface area contributed by atoms with Crippen molar-refractivity contribution >= 4 is 33.2 Å². The number of benzene rings is 1. The molecule has 0 amide bonds. The average Bonchev–Trinajstić information content (AvgIpc) is 3.62. The van der Waals surface area contributed by atoms with Gasteiger partial charge in [0, 0.05) is 41.7 Å². The first-order valence-electron chi connectivity index (χ1n) is 12.0. The molecule has 6 rings (SSSR count). The molecule has 3 aromatic heterocycles. The van der Waals surface area contributed by atoms with Gasteiger partial charge in [-0.05, 0) is 25.3 Å². The van der Waals surface area contributed by atoms with Crippen LogP contribution in [0.4, 0.5) is 11.6 Å². The second kappa shape index (κ2) is 9.19. The molecule has 5 heterocycles. The van der Waals surface area contributed by atoms with Gasteiger partial charge in [0.15, 0.2) is 0 Å². The summed E-state index contributed by atoms with van der Waals surface area (Å²) in [6, 6.07) is 6.59. The lowest BCUT2D eigenvalue weighted by molar-refractivity contribution is -0.0491. The van der Waals surface area contributed by atoms with Crippen molar-refractivity contribution in [2.45, 2.75) is 38.5 Å². The predicted molar refractivity (Wildman–Crippen MR) is 135 cm³/mol. The number of hydrogen-bond acceptors (Lipinski definition) is 9. The van der Waals surface area contributed by atoms with Crippen LogP contribution in [-0.2, 0) is 6.42 Å². The van der Waals surface area contributed by atoms with Crippen molar-refractivity contribution in [1.29, 1.82) is 0 Å². The number of ether oxygens (including phenoxy) is 1. The Bertz CT molecular complexity index is 1360. The zero-order chi connectivity index (χ0) is 23.9. The van der Waals surface area contributed by atoms with E-state index in [1.54, 1.807) is 17.5 Å². The lowest BCUT2D eigenvalue weighted by Crippen LogP contribution is -2.43. The van der Waals surface area contributed by atoms with Crippen LogP contribution in [0.25, 0.3) is 21.3 Å². The fraction of sp³-hybridized carbons (Fsp3) is 0.400. The fourth-order valence-electron chi connectivity index (χ4n) is 5.09. The average molecular weight is 493 g/mol. The minimum atomic E-state index is -0.785. The van der Waals surface area contributed by atoms with E-state index >= 15 is 0 Å². The standard InChI is InChI=1S/C25H28N6O3S/c1-15-22(19-4-2-3-16-7-10-34-24(16)19)23-20(35-15)12-26-25(29-23)28-17-11-27-31(13-17)18-5-8-30(9-6-18)21(33)14-32/h2-4,11-13,18,21,32-33H,5-10,14H2,1H3,(H,26,28,29). The van der Waals surface area contributed by atoms with Crippen LogP contribution in [0.3, 0.4) is 0 Å². The number of rotatable bonds is 6. The van der Waals surface area contributed by atoms with Crippen molar-refractivity contribution in [3.05, 3.63) is 47.2 Å². The SMILES string of the molecule is Cc1sc2cnc(Nc3cnn(C4CCN(C(O)CO)CC4)c3)nc2c1-c1cccc2c1OCC2. The molecule has 0 bridgehead atoms. The van der Waals surface area contributed by atoms with Crippen LogP contribution in [0.15, 0.2) is 36.8 Å². The Morgan fingerprint density at radius 1 is 1.26 bits per heavy atom. The molecule has 3 N–H and O–H groups in total. The van der Waals surface area contributed by atoms with E-state index in [1.165, 1.54) is 10.4 Å². The summed E-state index contributed by atoms with van der Waals surface area (Å²) in [5.74, 6) is 1.51. The highest BCUT2D eigenvalue weighted by Crippen LogP contribution is 2.44. The number of hydrogen-bond donors (Lipinski definition) is 3. The minimum absolute atomic E-state index is 0.240. The first-order chi connectivity index (χ1) is 17.1. The molecule has 9 nitrogen and oxygen atoms in total. The number of likely N-dealkylation sites (tertiary alicyclic amines) is 1. The Balaban J connectivity index is 1.23. The number of nitrogens with one attached hydrogen (secondary N) is 1. The van der Waals surface area contributed by atoms with E-state index in [0.717, 1.165) is 71.7 Å². The number of anilines is 2. The lowest BCUT2D eigenvalue weighted by Gasteiger charge is -2.34. The molecule has 10 heteroatoms. The second-order valence-electron chi connectivity index (χ2n) is 9.10. The van der Waals surface area contributed by atoms with Crippen LogP contribution in [0.1, 0.15) is 29.3 Å². The first kappa shape index (κ1) is 22.4. The van der Waals surface area contributed by atoms with Crippen LogP contribution in [0.5, 0.6) is 5.75 Å². The van der Waals surface area contributed by atoms with Gasteiger partial charge in [0.2, 0.25) is 5.95 Å². The molecule has 182 valence electrons. The Morgan fingerprint density at radius 2 is 2.11 bits per heavy atom. The van der Waals surface area contributed by atoms with E-state index in [-0.39, 0.29) is 12.6 Å². The maximum absolute atomic E-state index is 9.85. The summed E-state index contributed by atoms with van der Waals surface area (Å²) in [4.78, 5) is 12.5. The maximum Gasteiger partial charge on any atom is 0.227 e. The Morgan fingerprint density at radius 3 is 2.94 bits per heavy atom. The fourth-order valence-corrected chi connectivity index (χ4v) is 6.08. The molecule has 0 saturated carbocycles. The quantitative estimate of drug-likeness (QED) is 0.375. The minimum Gasteiger partial charge on any atom is -0.492 e. The molecule has 2 aliphatic heterocycles. The third-order valence-corrected chi connectivity index (χ3v) is 7.94. The highest BCUT2D eigenvalue weighted by Gasteiger charge is 2.25. The first-order valence-corrected chi connectivity index (χ1v) is 12.8. The highest BCUT2D eigenvalue weighted by atomic mass is 32.1. The van der Waals surface area contributed by atoms with Gasteiger partial charge in [0.25, 0.3) is 0 Å². The molecular weight excluding hydrogens is 464 g/mol. The van der Waals surface area contributed by atoms with E-state index in [9.17, 15) is 5.11 Å². The molecule has 35 heavy (non-hydrogen) atoms. The lowest BCUT2D eigenvalue weighted by atomic mass is 10.0. The van der Waals surface area contributed by atoms with Crippen LogP contribution >= 0.6 is 11.3 Å². The van der Waals surface area contributed by atoms with Crippen molar-refractivity contribution in [1.82, 2.24) is 24.6 Å². The highest BCUT2D eigenvalue weighted by molar-refractivity contribution is 7.19. The summed E-state index contributed by atoms with van der Waals surface area (Å²) in [7, 11) is 0. The zero-order valence-electron chi connectivity index (χ0n) is 19.5. The van der Waals surface area contributed by atoms with Crippen LogP contribution in [0, 0.1) is 6.92 Å². The zero-order valence-corrected chi connectivity index (χ0v) is 20.3. The van der Waals surface area contributed by atoms with Crippen LogP contribution < -0.4 is 10.1 Å². The Hall–Kier alpha value is -3.05. The number of aryl methyl sites for hydroxylation is 1. The number of thiophene rings is 1. The molecule has 0 radical (unpaired) electrons. The van der Waals surface area contributed by atoms with Gasteiger partial charge >= 0.3 is 0 Å².